The van der Waals surface area contributed by atoms with Crippen LogP contribution in [-0.4, -0.2) is 65.8 Å². The number of carboxylic acid groups (broad SMARTS) is 1. The van der Waals surface area contributed by atoms with Crippen molar-refractivity contribution in [2.75, 3.05) is 33.2 Å². The van der Waals surface area contributed by atoms with Gasteiger partial charge in [0, 0.05) is 37.8 Å². The molecule has 0 bridgehead atoms. The van der Waals surface area contributed by atoms with Gasteiger partial charge in [-0.15, -0.1) is 0 Å². The average Bonchev–Trinajstić information content (AvgIpc) is 2.27. The van der Waals surface area contributed by atoms with Crippen molar-refractivity contribution in [3.05, 3.63) is 0 Å². The molecule has 1 saturated heterocycles. The van der Waals surface area contributed by atoms with Crippen LogP contribution in [0.15, 0.2) is 0 Å². The van der Waals surface area contributed by atoms with E-state index in [-0.39, 0.29) is 11.6 Å². The summed E-state index contributed by atoms with van der Waals surface area (Å²) in [7, 11) is 2.06. The van der Waals surface area contributed by atoms with Gasteiger partial charge in [0.05, 0.1) is 0 Å². The zero-order valence-electron chi connectivity index (χ0n) is 11.4. The van der Waals surface area contributed by atoms with Crippen LogP contribution in [0.2, 0.25) is 0 Å². The first-order chi connectivity index (χ1) is 7.88. The topological polar surface area (TPSA) is 55.8 Å². The molecular weight excluding hydrogens is 218 g/mol. The second-order valence-corrected chi connectivity index (χ2v) is 5.40. The predicted molar refractivity (Wildman–Crippen MR) is 68.4 cm³/mol. The predicted octanol–water partition coefficient (Wildman–Crippen LogP) is 1.06. The quantitative estimate of drug-likeness (QED) is 0.775. The van der Waals surface area contributed by atoms with Crippen molar-refractivity contribution in [3.8, 4) is 0 Å². The average molecular weight is 243 g/mol. The summed E-state index contributed by atoms with van der Waals surface area (Å²) in [4.78, 5) is 15.2. The Morgan fingerprint density at radius 3 is 2.71 bits per heavy atom. The summed E-state index contributed by atoms with van der Waals surface area (Å²) < 4.78 is 0. The molecule has 0 spiro atoms. The van der Waals surface area contributed by atoms with Crippen LogP contribution in [0, 0.1) is 0 Å². The summed E-state index contributed by atoms with van der Waals surface area (Å²) in [6, 6.07) is 0.269. The van der Waals surface area contributed by atoms with Gasteiger partial charge in [0.25, 0.3) is 0 Å². The second-order valence-electron chi connectivity index (χ2n) is 5.40. The van der Waals surface area contributed by atoms with E-state index in [1.165, 1.54) is 0 Å². The molecule has 100 valence electrons. The molecule has 1 aliphatic heterocycles. The first kappa shape index (κ1) is 14.3. The lowest BCUT2D eigenvalue weighted by Crippen LogP contribution is -2.58. The van der Waals surface area contributed by atoms with Crippen molar-refractivity contribution >= 4 is 6.09 Å². The molecule has 0 aromatic rings. The number of hydrogen-bond acceptors (Lipinski definition) is 3. The Morgan fingerprint density at radius 2 is 2.24 bits per heavy atom. The summed E-state index contributed by atoms with van der Waals surface area (Å²) in [6.45, 7) is 9.38. The standard InChI is InChI=1S/C12H25N3O2/c1-5-12(2,3)15(11(16)17)9-10-8-13-6-7-14(10)4/h10,13H,5-9H2,1-4H3,(H,16,17)/t10-/m1/s1. The van der Waals surface area contributed by atoms with Crippen LogP contribution >= 0.6 is 0 Å². The maximum Gasteiger partial charge on any atom is 0.407 e. The highest BCUT2D eigenvalue weighted by atomic mass is 16.4. The number of nitrogens with zero attached hydrogens (tertiary/aromatic N) is 2. The summed E-state index contributed by atoms with van der Waals surface area (Å²) in [5.74, 6) is 0. The molecule has 5 nitrogen and oxygen atoms in total. The molecule has 0 radical (unpaired) electrons. The number of piperazine rings is 1. The van der Waals surface area contributed by atoms with E-state index in [1.54, 1.807) is 4.90 Å². The molecule has 1 amide bonds. The van der Waals surface area contributed by atoms with Crippen molar-refractivity contribution < 1.29 is 9.90 Å². The van der Waals surface area contributed by atoms with Gasteiger partial charge in [-0.1, -0.05) is 6.92 Å². The molecule has 0 aliphatic carbocycles. The minimum atomic E-state index is -0.823. The lowest BCUT2D eigenvalue weighted by atomic mass is 9.98. The fourth-order valence-electron chi connectivity index (χ4n) is 2.05. The van der Waals surface area contributed by atoms with E-state index in [0.29, 0.717) is 6.54 Å². The van der Waals surface area contributed by atoms with E-state index in [1.807, 2.05) is 20.8 Å². The van der Waals surface area contributed by atoms with Gasteiger partial charge in [0.1, 0.15) is 0 Å². The normalized spacial score (nSPS) is 22.5. The number of rotatable bonds is 4. The van der Waals surface area contributed by atoms with Crippen molar-refractivity contribution in [2.45, 2.75) is 38.8 Å². The van der Waals surface area contributed by atoms with Crippen LogP contribution in [-0.2, 0) is 0 Å². The summed E-state index contributed by atoms with van der Waals surface area (Å²) >= 11 is 0. The number of carbonyl (C=O) groups is 1. The highest BCUT2D eigenvalue weighted by Crippen LogP contribution is 2.20. The molecule has 1 rings (SSSR count). The third kappa shape index (κ3) is 3.57. The Hall–Kier alpha value is -0.810. The van der Waals surface area contributed by atoms with Gasteiger partial charge >= 0.3 is 6.09 Å². The van der Waals surface area contributed by atoms with Gasteiger partial charge in [-0.05, 0) is 27.3 Å². The van der Waals surface area contributed by atoms with Crippen molar-refractivity contribution in [2.24, 2.45) is 0 Å². The maximum absolute atomic E-state index is 11.4. The van der Waals surface area contributed by atoms with Crippen molar-refractivity contribution in [1.82, 2.24) is 15.1 Å². The van der Waals surface area contributed by atoms with Crippen molar-refractivity contribution in [1.29, 1.82) is 0 Å². The second kappa shape index (κ2) is 5.69. The molecule has 1 heterocycles. The molecule has 5 heteroatoms. The fraction of sp³-hybridized carbons (Fsp3) is 0.917. The van der Waals surface area contributed by atoms with Gasteiger partial charge in [-0.3, -0.25) is 4.90 Å². The van der Waals surface area contributed by atoms with Gasteiger partial charge in [-0.2, -0.15) is 0 Å². The highest BCUT2D eigenvalue weighted by molar-refractivity contribution is 5.66. The highest BCUT2D eigenvalue weighted by Gasteiger charge is 2.32. The number of hydrogen-bond donors (Lipinski definition) is 2. The third-order valence-electron chi connectivity index (χ3n) is 3.86. The molecule has 0 aromatic carbocycles. The molecule has 0 unspecified atom stereocenters. The largest absolute Gasteiger partial charge is 0.465 e. The van der Waals surface area contributed by atoms with Gasteiger partial charge in [0.2, 0.25) is 0 Å². The van der Waals surface area contributed by atoms with Gasteiger partial charge < -0.3 is 15.3 Å². The van der Waals surface area contributed by atoms with E-state index in [4.69, 9.17) is 0 Å². The van der Waals surface area contributed by atoms with E-state index in [9.17, 15) is 9.90 Å². The zero-order chi connectivity index (χ0) is 13.1. The Kier molecular flexibility index (Phi) is 4.77. The van der Waals surface area contributed by atoms with Crippen LogP contribution < -0.4 is 5.32 Å². The molecule has 1 aliphatic rings. The summed E-state index contributed by atoms with van der Waals surface area (Å²) in [5, 5.41) is 12.7. The fourth-order valence-corrected chi connectivity index (χ4v) is 2.05. The Labute approximate surface area is 104 Å². The minimum Gasteiger partial charge on any atom is -0.465 e. The van der Waals surface area contributed by atoms with Crippen molar-refractivity contribution in [3.63, 3.8) is 0 Å². The van der Waals surface area contributed by atoms with E-state index in [2.05, 4.69) is 17.3 Å². The van der Waals surface area contributed by atoms with Gasteiger partial charge in [0.15, 0.2) is 0 Å². The molecule has 0 aromatic heterocycles. The van der Waals surface area contributed by atoms with Gasteiger partial charge in [-0.25, -0.2) is 4.79 Å². The van der Waals surface area contributed by atoms with Crippen LogP contribution in [0.1, 0.15) is 27.2 Å². The number of amides is 1. The van der Waals surface area contributed by atoms with E-state index in [0.717, 1.165) is 26.1 Å². The lowest BCUT2D eigenvalue weighted by Gasteiger charge is -2.41. The van der Waals surface area contributed by atoms with E-state index >= 15 is 0 Å². The Balaban J connectivity index is 2.69. The molecule has 1 fully saturated rings. The zero-order valence-corrected chi connectivity index (χ0v) is 11.4. The first-order valence-electron chi connectivity index (χ1n) is 6.30. The van der Waals surface area contributed by atoms with Crippen LogP contribution in [0.25, 0.3) is 0 Å². The molecular formula is C12H25N3O2. The maximum atomic E-state index is 11.4. The van der Waals surface area contributed by atoms with Crippen LogP contribution in [0.5, 0.6) is 0 Å². The number of nitrogens with one attached hydrogen (secondary N) is 1. The number of likely N-dealkylation sites (N-methyl/N-ethyl adjacent to an activating group) is 1. The molecule has 17 heavy (non-hydrogen) atoms. The smallest absolute Gasteiger partial charge is 0.407 e. The summed E-state index contributed by atoms with van der Waals surface area (Å²) in [5.41, 5.74) is -0.301. The third-order valence-corrected chi connectivity index (χ3v) is 3.86. The lowest BCUT2D eigenvalue weighted by molar-refractivity contribution is 0.0613. The Bertz CT molecular complexity index is 268. The minimum absolute atomic E-state index is 0.269. The van der Waals surface area contributed by atoms with E-state index < -0.39 is 6.09 Å². The summed E-state index contributed by atoms with van der Waals surface area (Å²) in [6.07, 6.45) is -0.000729. The molecule has 0 saturated carbocycles. The molecule has 1 atom stereocenters. The Morgan fingerprint density at radius 1 is 1.59 bits per heavy atom. The SMILES string of the molecule is CCC(C)(C)N(C[C@H]1CNCCN1C)C(=O)O. The monoisotopic (exact) mass is 243 g/mol. The first-order valence-corrected chi connectivity index (χ1v) is 6.30. The van der Waals surface area contributed by atoms with Crippen LogP contribution in [0.3, 0.4) is 0 Å². The van der Waals surface area contributed by atoms with Crippen LogP contribution in [0.4, 0.5) is 4.79 Å². The molecule has 2 N–H and O–H groups in total.